The highest BCUT2D eigenvalue weighted by Crippen LogP contribution is 2.38. The molecule has 21 heavy (non-hydrogen) atoms. The fraction of sp³-hybridized carbons (Fsp3) is 0.533. The van der Waals surface area contributed by atoms with Crippen molar-refractivity contribution in [2.75, 3.05) is 5.73 Å². The van der Waals surface area contributed by atoms with Crippen LogP contribution in [0.1, 0.15) is 39.2 Å². The van der Waals surface area contributed by atoms with E-state index in [1.807, 2.05) is 10.7 Å². The quantitative estimate of drug-likeness (QED) is 0.861. The van der Waals surface area contributed by atoms with E-state index in [-0.39, 0.29) is 0 Å². The van der Waals surface area contributed by atoms with Crippen molar-refractivity contribution in [2.45, 2.75) is 39.2 Å². The highest BCUT2D eigenvalue weighted by molar-refractivity contribution is 6.31. The predicted molar refractivity (Wildman–Crippen MR) is 83.9 cm³/mol. The molecule has 0 aliphatic heterocycles. The minimum Gasteiger partial charge on any atom is -0.398 e. The van der Waals surface area contributed by atoms with Crippen molar-refractivity contribution < 1.29 is 0 Å². The summed E-state index contributed by atoms with van der Waals surface area (Å²) in [6.45, 7) is 4.58. The van der Waals surface area contributed by atoms with E-state index in [9.17, 15) is 0 Å². The Morgan fingerprint density at radius 3 is 2.62 bits per heavy atom. The van der Waals surface area contributed by atoms with Gasteiger partial charge in [-0.25, -0.2) is 4.68 Å². The standard InChI is InChI=1S/C15H20ClN5/c1-9-5-10(2)7-12(6-9)21-15(18-19-20-21)13-8-11(16)3-4-14(13)17/h3-4,8-10,12H,5-7,17H2,1-2H3. The number of halogens is 1. The molecule has 0 saturated heterocycles. The van der Waals surface area contributed by atoms with E-state index in [4.69, 9.17) is 17.3 Å². The monoisotopic (exact) mass is 305 g/mol. The van der Waals surface area contributed by atoms with Gasteiger partial charge in [0.2, 0.25) is 0 Å². The van der Waals surface area contributed by atoms with Gasteiger partial charge in [0.25, 0.3) is 0 Å². The van der Waals surface area contributed by atoms with Crippen LogP contribution in [0, 0.1) is 11.8 Å². The van der Waals surface area contributed by atoms with E-state index in [1.165, 1.54) is 6.42 Å². The van der Waals surface area contributed by atoms with Crippen LogP contribution in [0.15, 0.2) is 18.2 Å². The number of hydrogen-bond donors (Lipinski definition) is 1. The highest BCUT2D eigenvalue weighted by Gasteiger charge is 2.28. The molecule has 1 aliphatic rings. The third kappa shape index (κ3) is 2.88. The Kier molecular flexibility index (Phi) is 3.85. The Morgan fingerprint density at radius 1 is 1.19 bits per heavy atom. The fourth-order valence-corrected chi connectivity index (χ4v) is 3.62. The zero-order valence-electron chi connectivity index (χ0n) is 12.3. The molecule has 5 nitrogen and oxygen atoms in total. The smallest absolute Gasteiger partial charge is 0.184 e. The summed E-state index contributed by atoms with van der Waals surface area (Å²) in [7, 11) is 0. The van der Waals surface area contributed by atoms with Crippen LogP contribution in [0.4, 0.5) is 5.69 Å². The summed E-state index contributed by atoms with van der Waals surface area (Å²) < 4.78 is 1.92. The van der Waals surface area contributed by atoms with Gasteiger partial charge in [0.1, 0.15) is 0 Å². The lowest BCUT2D eigenvalue weighted by Crippen LogP contribution is -2.24. The Labute approximate surface area is 129 Å². The summed E-state index contributed by atoms with van der Waals surface area (Å²) in [6.07, 6.45) is 3.47. The Bertz CT molecular complexity index is 629. The summed E-state index contributed by atoms with van der Waals surface area (Å²) in [5.74, 6) is 2.08. The predicted octanol–water partition coefficient (Wildman–Crippen LogP) is 3.57. The number of nitrogen functional groups attached to an aromatic ring is 1. The Balaban J connectivity index is 1.99. The van der Waals surface area contributed by atoms with Crippen LogP contribution < -0.4 is 5.73 Å². The molecule has 3 rings (SSSR count). The summed E-state index contributed by atoms with van der Waals surface area (Å²) in [6, 6.07) is 5.73. The van der Waals surface area contributed by atoms with Crippen molar-refractivity contribution in [1.82, 2.24) is 20.2 Å². The van der Waals surface area contributed by atoms with Crippen LogP contribution in [-0.2, 0) is 0 Å². The van der Waals surface area contributed by atoms with Crippen LogP contribution in [0.3, 0.4) is 0 Å². The molecule has 1 heterocycles. The number of nitrogens with two attached hydrogens (primary N) is 1. The number of hydrogen-bond acceptors (Lipinski definition) is 4. The van der Waals surface area contributed by atoms with E-state index >= 15 is 0 Å². The average molecular weight is 306 g/mol. The van der Waals surface area contributed by atoms with E-state index in [2.05, 4.69) is 29.4 Å². The van der Waals surface area contributed by atoms with Gasteiger partial charge in [-0.1, -0.05) is 25.4 Å². The maximum atomic E-state index is 6.08. The Hall–Kier alpha value is -1.62. The molecule has 2 atom stereocenters. The zero-order valence-corrected chi connectivity index (χ0v) is 13.1. The SMILES string of the molecule is CC1CC(C)CC(n2nnnc2-c2cc(Cl)ccc2N)C1. The molecule has 0 amide bonds. The molecule has 0 bridgehead atoms. The van der Waals surface area contributed by atoms with Gasteiger partial charge in [0.05, 0.1) is 6.04 Å². The molecule has 0 radical (unpaired) electrons. The summed E-state index contributed by atoms with van der Waals surface area (Å²) in [5, 5.41) is 12.9. The van der Waals surface area contributed by atoms with Gasteiger partial charge in [0, 0.05) is 16.3 Å². The molecule has 2 unspecified atom stereocenters. The topological polar surface area (TPSA) is 69.6 Å². The Morgan fingerprint density at radius 2 is 1.90 bits per heavy atom. The molecule has 0 spiro atoms. The molecule has 1 aromatic carbocycles. The van der Waals surface area contributed by atoms with E-state index in [0.29, 0.717) is 34.4 Å². The summed E-state index contributed by atoms with van der Waals surface area (Å²) in [5.41, 5.74) is 7.52. The fourth-order valence-electron chi connectivity index (χ4n) is 3.44. The first-order valence-electron chi connectivity index (χ1n) is 7.38. The number of anilines is 1. The number of nitrogens with zero attached hydrogens (tertiary/aromatic N) is 4. The van der Waals surface area contributed by atoms with Crippen LogP contribution in [-0.4, -0.2) is 20.2 Å². The molecule has 1 saturated carbocycles. The number of aromatic nitrogens is 4. The second kappa shape index (κ2) is 5.64. The first-order valence-corrected chi connectivity index (χ1v) is 7.75. The molecular formula is C15H20ClN5. The van der Waals surface area contributed by atoms with Crippen molar-refractivity contribution in [2.24, 2.45) is 11.8 Å². The maximum Gasteiger partial charge on any atom is 0.184 e. The van der Waals surface area contributed by atoms with E-state index in [0.717, 1.165) is 18.4 Å². The highest BCUT2D eigenvalue weighted by atomic mass is 35.5. The zero-order chi connectivity index (χ0) is 15.0. The maximum absolute atomic E-state index is 6.08. The molecular weight excluding hydrogens is 286 g/mol. The number of rotatable bonds is 2. The third-order valence-electron chi connectivity index (χ3n) is 4.25. The summed E-state index contributed by atoms with van der Waals surface area (Å²) in [4.78, 5) is 0. The van der Waals surface area contributed by atoms with Crippen LogP contribution in [0.5, 0.6) is 0 Å². The second-order valence-corrected chi connectivity index (χ2v) is 6.69. The van der Waals surface area contributed by atoms with Gasteiger partial charge in [-0.3, -0.25) is 0 Å². The molecule has 6 heteroatoms. The molecule has 1 aromatic heterocycles. The summed E-state index contributed by atoms with van der Waals surface area (Å²) >= 11 is 6.08. The minimum absolute atomic E-state index is 0.326. The van der Waals surface area contributed by atoms with Gasteiger partial charge >= 0.3 is 0 Å². The van der Waals surface area contributed by atoms with Gasteiger partial charge in [-0.05, 0) is 59.7 Å². The van der Waals surface area contributed by atoms with Crippen LogP contribution >= 0.6 is 11.6 Å². The minimum atomic E-state index is 0.326. The number of tetrazole rings is 1. The van der Waals surface area contributed by atoms with E-state index < -0.39 is 0 Å². The third-order valence-corrected chi connectivity index (χ3v) is 4.48. The van der Waals surface area contributed by atoms with Crippen molar-refractivity contribution >= 4 is 17.3 Å². The lowest BCUT2D eigenvalue weighted by atomic mass is 9.80. The normalized spacial score (nSPS) is 26.0. The van der Waals surface area contributed by atoms with Crippen LogP contribution in [0.25, 0.3) is 11.4 Å². The van der Waals surface area contributed by atoms with Crippen molar-refractivity contribution in [3.63, 3.8) is 0 Å². The molecule has 1 fully saturated rings. The first-order chi connectivity index (χ1) is 10.0. The molecule has 112 valence electrons. The molecule has 1 aliphatic carbocycles. The van der Waals surface area contributed by atoms with Crippen molar-refractivity contribution in [3.8, 4) is 11.4 Å². The van der Waals surface area contributed by atoms with Gasteiger partial charge in [-0.2, -0.15) is 0 Å². The van der Waals surface area contributed by atoms with Crippen molar-refractivity contribution in [3.05, 3.63) is 23.2 Å². The van der Waals surface area contributed by atoms with Gasteiger partial charge in [0.15, 0.2) is 5.82 Å². The lowest BCUT2D eigenvalue weighted by molar-refractivity contribution is 0.209. The van der Waals surface area contributed by atoms with Crippen LogP contribution in [0.2, 0.25) is 5.02 Å². The molecule has 2 N–H and O–H groups in total. The number of benzene rings is 1. The second-order valence-electron chi connectivity index (χ2n) is 6.25. The lowest BCUT2D eigenvalue weighted by Gasteiger charge is -2.31. The van der Waals surface area contributed by atoms with Crippen molar-refractivity contribution in [1.29, 1.82) is 0 Å². The average Bonchev–Trinajstić information content (AvgIpc) is 2.89. The van der Waals surface area contributed by atoms with Gasteiger partial charge in [-0.15, -0.1) is 5.10 Å². The molecule has 2 aromatic rings. The van der Waals surface area contributed by atoms with E-state index in [1.54, 1.807) is 12.1 Å². The largest absolute Gasteiger partial charge is 0.398 e. The van der Waals surface area contributed by atoms with Gasteiger partial charge < -0.3 is 5.73 Å². The first kappa shape index (κ1) is 14.3.